The highest BCUT2D eigenvalue weighted by Crippen LogP contribution is 2.17. The topological polar surface area (TPSA) is 106 Å². The fourth-order valence-corrected chi connectivity index (χ4v) is 2.11. The highest BCUT2D eigenvalue weighted by atomic mass is 16.5. The third-order valence-electron chi connectivity index (χ3n) is 3.18. The average Bonchev–Trinajstić information content (AvgIpc) is 2.46. The second-order valence-electron chi connectivity index (χ2n) is 4.75. The fourth-order valence-electron chi connectivity index (χ4n) is 2.11. The van der Waals surface area contributed by atoms with Gasteiger partial charge < -0.3 is 20.7 Å². The van der Waals surface area contributed by atoms with Crippen molar-refractivity contribution in [2.45, 2.75) is 32.2 Å². The summed E-state index contributed by atoms with van der Waals surface area (Å²) in [5.41, 5.74) is 5.71. The highest BCUT2D eigenvalue weighted by molar-refractivity contribution is 5.78. The maximum Gasteiger partial charge on any atom is 0.328 e. The number of nitrogens with one attached hydrogen (secondary N) is 1. The first-order valence-electron chi connectivity index (χ1n) is 6.71. The zero-order chi connectivity index (χ0) is 14.5. The summed E-state index contributed by atoms with van der Waals surface area (Å²) in [5, 5.41) is 2.87. The molecule has 1 fully saturated rings. The lowest BCUT2D eigenvalue weighted by Crippen LogP contribution is -2.32. The lowest BCUT2D eigenvalue weighted by atomic mass is 10.1. The smallest absolute Gasteiger partial charge is 0.328 e. The number of esters is 1. The summed E-state index contributed by atoms with van der Waals surface area (Å²) in [6, 6.07) is -0.545. The third-order valence-corrected chi connectivity index (χ3v) is 3.18. The van der Waals surface area contributed by atoms with Gasteiger partial charge in [-0.25, -0.2) is 4.79 Å². The van der Waals surface area contributed by atoms with Crippen molar-refractivity contribution in [3.63, 3.8) is 0 Å². The number of piperidine rings is 1. The molecule has 0 bridgehead atoms. The number of nitrogens with two attached hydrogens (primary N) is 1. The van der Waals surface area contributed by atoms with E-state index in [2.05, 4.69) is 29.9 Å². The molecule has 0 saturated carbocycles. The summed E-state index contributed by atoms with van der Waals surface area (Å²) >= 11 is 0. The van der Waals surface area contributed by atoms with Crippen molar-refractivity contribution in [1.29, 1.82) is 0 Å². The fraction of sp³-hybridized carbons (Fsp3) is 0.667. The van der Waals surface area contributed by atoms with Gasteiger partial charge in [0.25, 0.3) is 0 Å². The lowest BCUT2D eigenvalue weighted by molar-refractivity contribution is -0.141. The summed E-state index contributed by atoms with van der Waals surface area (Å²) in [5.74, 6) is 0.594. The van der Waals surface area contributed by atoms with Crippen LogP contribution >= 0.6 is 0 Å². The van der Waals surface area contributed by atoms with Gasteiger partial charge in [0, 0.05) is 13.1 Å². The number of aromatic nitrogens is 3. The molecule has 1 aliphatic heterocycles. The summed E-state index contributed by atoms with van der Waals surface area (Å²) < 4.78 is 4.65. The van der Waals surface area contributed by atoms with Crippen LogP contribution in [-0.2, 0) is 9.53 Å². The van der Waals surface area contributed by atoms with Crippen molar-refractivity contribution >= 4 is 23.8 Å². The number of carbonyl (C=O) groups is 1. The molecule has 110 valence electrons. The number of anilines is 3. The average molecular weight is 280 g/mol. The van der Waals surface area contributed by atoms with E-state index in [0.717, 1.165) is 25.9 Å². The van der Waals surface area contributed by atoms with Gasteiger partial charge in [-0.3, -0.25) is 0 Å². The Balaban J connectivity index is 2.13. The Labute approximate surface area is 117 Å². The van der Waals surface area contributed by atoms with Gasteiger partial charge in [0.15, 0.2) is 0 Å². The normalized spacial score (nSPS) is 16.6. The van der Waals surface area contributed by atoms with Gasteiger partial charge in [0.1, 0.15) is 6.04 Å². The molecule has 0 amide bonds. The Morgan fingerprint density at radius 3 is 2.65 bits per heavy atom. The molecule has 1 aliphatic rings. The minimum absolute atomic E-state index is 0.139. The molecule has 8 nitrogen and oxygen atoms in total. The van der Waals surface area contributed by atoms with Crippen molar-refractivity contribution in [2.24, 2.45) is 0 Å². The number of nitrogens with zero attached hydrogens (tertiary/aromatic N) is 4. The molecule has 0 aliphatic carbocycles. The summed E-state index contributed by atoms with van der Waals surface area (Å²) in [6.45, 7) is 3.50. The SMILES string of the molecule is COC(=O)C(C)Nc1nc(N)nc(N2CCCCC2)n1. The highest BCUT2D eigenvalue weighted by Gasteiger charge is 2.18. The van der Waals surface area contributed by atoms with Crippen molar-refractivity contribution < 1.29 is 9.53 Å². The predicted molar refractivity (Wildman–Crippen MR) is 75.4 cm³/mol. The number of methoxy groups -OCH3 is 1. The molecule has 0 radical (unpaired) electrons. The molecule has 1 aromatic rings. The van der Waals surface area contributed by atoms with E-state index in [0.29, 0.717) is 5.95 Å². The molecule has 2 rings (SSSR count). The summed E-state index contributed by atoms with van der Waals surface area (Å²) in [7, 11) is 1.33. The Morgan fingerprint density at radius 1 is 1.30 bits per heavy atom. The van der Waals surface area contributed by atoms with E-state index in [1.165, 1.54) is 13.5 Å². The molecule has 1 atom stereocenters. The van der Waals surface area contributed by atoms with Crippen molar-refractivity contribution in [3.8, 4) is 0 Å². The first kappa shape index (κ1) is 14.3. The lowest BCUT2D eigenvalue weighted by Gasteiger charge is -2.26. The van der Waals surface area contributed by atoms with Gasteiger partial charge in [-0.05, 0) is 26.2 Å². The van der Waals surface area contributed by atoms with Crippen LogP contribution < -0.4 is 16.0 Å². The Morgan fingerprint density at radius 2 is 2.00 bits per heavy atom. The molecule has 0 spiro atoms. The van der Waals surface area contributed by atoms with E-state index in [4.69, 9.17) is 5.73 Å². The number of hydrogen-bond acceptors (Lipinski definition) is 8. The summed E-state index contributed by atoms with van der Waals surface area (Å²) in [6.07, 6.45) is 3.46. The van der Waals surface area contributed by atoms with Gasteiger partial charge in [-0.2, -0.15) is 15.0 Å². The van der Waals surface area contributed by atoms with Crippen molar-refractivity contribution in [1.82, 2.24) is 15.0 Å². The van der Waals surface area contributed by atoms with Crippen LogP contribution in [-0.4, -0.2) is 47.2 Å². The largest absolute Gasteiger partial charge is 0.467 e. The number of hydrogen-bond donors (Lipinski definition) is 2. The molecule has 0 aromatic carbocycles. The van der Waals surface area contributed by atoms with Crippen LogP contribution in [0.3, 0.4) is 0 Å². The minimum Gasteiger partial charge on any atom is -0.467 e. The van der Waals surface area contributed by atoms with Crippen LogP contribution in [0.5, 0.6) is 0 Å². The van der Waals surface area contributed by atoms with E-state index in [9.17, 15) is 4.79 Å². The maximum atomic E-state index is 11.4. The monoisotopic (exact) mass is 280 g/mol. The first-order chi connectivity index (χ1) is 9.60. The molecule has 3 N–H and O–H groups in total. The molecule has 1 unspecified atom stereocenters. The standard InChI is InChI=1S/C12H20N6O2/c1-8(9(19)20-2)14-11-15-10(13)16-12(17-11)18-6-4-3-5-7-18/h8H,3-7H2,1-2H3,(H3,13,14,15,16,17). The van der Waals surface area contributed by atoms with Gasteiger partial charge >= 0.3 is 5.97 Å². The molecule has 1 saturated heterocycles. The van der Waals surface area contributed by atoms with Crippen molar-refractivity contribution in [3.05, 3.63) is 0 Å². The second-order valence-corrected chi connectivity index (χ2v) is 4.75. The zero-order valence-electron chi connectivity index (χ0n) is 11.8. The minimum atomic E-state index is -0.545. The molecule has 2 heterocycles. The number of ether oxygens (including phenoxy) is 1. The van der Waals surface area contributed by atoms with Gasteiger partial charge in [-0.15, -0.1) is 0 Å². The van der Waals surface area contributed by atoms with E-state index >= 15 is 0 Å². The van der Waals surface area contributed by atoms with Crippen LogP contribution in [0.4, 0.5) is 17.8 Å². The van der Waals surface area contributed by atoms with Crippen LogP contribution in [0.15, 0.2) is 0 Å². The maximum absolute atomic E-state index is 11.4. The number of nitrogen functional groups attached to an aromatic ring is 1. The first-order valence-corrected chi connectivity index (χ1v) is 6.71. The number of carbonyl (C=O) groups excluding carboxylic acids is 1. The van der Waals surface area contributed by atoms with Crippen LogP contribution in [0, 0.1) is 0 Å². The Hall–Kier alpha value is -2.12. The summed E-state index contributed by atoms with van der Waals surface area (Å²) in [4.78, 5) is 25.9. The molecular formula is C12H20N6O2. The van der Waals surface area contributed by atoms with Gasteiger partial charge in [-0.1, -0.05) is 0 Å². The molecule has 20 heavy (non-hydrogen) atoms. The van der Waals surface area contributed by atoms with Gasteiger partial charge in [0.2, 0.25) is 17.8 Å². The van der Waals surface area contributed by atoms with Crippen molar-refractivity contribution in [2.75, 3.05) is 36.1 Å². The molecule has 1 aromatic heterocycles. The van der Waals surface area contributed by atoms with E-state index < -0.39 is 6.04 Å². The predicted octanol–water partition coefficient (Wildman–Crippen LogP) is 0.417. The second kappa shape index (κ2) is 6.36. The van der Waals surface area contributed by atoms with Crippen LogP contribution in [0.1, 0.15) is 26.2 Å². The Kier molecular flexibility index (Phi) is 4.54. The van der Waals surface area contributed by atoms with E-state index in [1.54, 1.807) is 6.92 Å². The molecule has 8 heteroatoms. The van der Waals surface area contributed by atoms with Gasteiger partial charge in [0.05, 0.1) is 7.11 Å². The third kappa shape index (κ3) is 3.46. The zero-order valence-corrected chi connectivity index (χ0v) is 11.8. The van der Waals surface area contributed by atoms with E-state index in [1.807, 2.05) is 0 Å². The number of rotatable bonds is 4. The Bertz CT molecular complexity index is 475. The molecular weight excluding hydrogens is 260 g/mol. The van der Waals surface area contributed by atoms with E-state index in [-0.39, 0.29) is 17.9 Å². The van der Waals surface area contributed by atoms with Crippen LogP contribution in [0.2, 0.25) is 0 Å². The van der Waals surface area contributed by atoms with Crippen LogP contribution in [0.25, 0.3) is 0 Å². The quantitative estimate of drug-likeness (QED) is 0.764.